The van der Waals surface area contributed by atoms with Crippen molar-refractivity contribution in [2.75, 3.05) is 6.61 Å². The number of aliphatic hydroxyl groups excluding tert-OH is 1. The molecular formula is C15H20O3. The zero-order valence-electron chi connectivity index (χ0n) is 11.0. The van der Waals surface area contributed by atoms with Crippen LogP contribution in [0.15, 0.2) is 28.7 Å². The molecule has 1 aromatic heterocycles. The molecule has 0 amide bonds. The van der Waals surface area contributed by atoms with Gasteiger partial charge >= 0.3 is 0 Å². The van der Waals surface area contributed by atoms with Gasteiger partial charge in [-0.05, 0) is 37.1 Å². The van der Waals surface area contributed by atoms with E-state index in [-0.39, 0.29) is 0 Å². The molecule has 0 saturated carbocycles. The van der Waals surface area contributed by atoms with Crippen LogP contribution in [0.1, 0.15) is 45.0 Å². The molecule has 0 aliphatic carbocycles. The monoisotopic (exact) mass is 248 g/mol. The molecule has 18 heavy (non-hydrogen) atoms. The quantitative estimate of drug-likeness (QED) is 0.838. The Morgan fingerprint density at radius 3 is 2.78 bits per heavy atom. The van der Waals surface area contributed by atoms with E-state index in [0.717, 1.165) is 36.0 Å². The third-order valence-electron chi connectivity index (χ3n) is 2.87. The number of rotatable bonds is 6. The summed E-state index contributed by atoms with van der Waals surface area (Å²) >= 11 is 0. The summed E-state index contributed by atoms with van der Waals surface area (Å²) in [4.78, 5) is 0. The first-order valence-corrected chi connectivity index (χ1v) is 6.59. The average molecular weight is 248 g/mol. The number of ether oxygens (including phenoxy) is 1. The summed E-state index contributed by atoms with van der Waals surface area (Å²) in [5, 5.41) is 10.9. The maximum Gasteiger partial charge on any atom is 0.134 e. The number of fused-ring (bicyclic) bond motifs is 1. The fourth-order valence-corrected chi connectivity index (χ4v) is 1.93. The Kier molecular flexibility index (Phi) is 4.26. The van der Waals surface area contributed by atoms with Crippen LogP contribution in [0.25, 0.3) is 11.0 Å². The Morgan fingerprint density at radius 2 is 2.06 bits per heavy atom. The van der Waals surface area contributed by atoms with Crippen LogP contribution >= 0.6 is 0 Å². The van der Waals surface area contributed by atoms with Gasteiger partial charge < -0.3 is 14.3 Å². The van der Waals surface area contributed by atoms with Crippen molar-refractivity contribution in [3.63, 3.8) is 0 Å². The summed E-state index contributed by atoms with van der Waals surface area (Å²) in [6.45, 7) is 4.84. The van der Waals surface area contributed by atoms with Crippen molar-refractivity contribution in [3.8, 4) is 5.75 Å². The Hall–Kier alpha value is -1.48. The highest BCUT2D eigenvalue weighted by molar-refractivity contribution is 5.79. The molecular weight excluding hydrogens is 228 g/mol. The van der Waals surface area contributed by atoms with E-state index in [4.69, 9.17) is 9.15 Å². The summed E-state index contributed by atoms with van der Waals surface area (Å²) < 4.78 is 11.2. The SMILES string of the molecule is CCCOc1ccc2oc(C(O)CCC)cc2c1. The highest BCUT2D eigenvalue weighted by atomic mass is 16.5. The van der Waals surface area contributed by atoms with Gasteiger partial charge in [-0.15, -0.1) is 0 Å². The molecule has 0 spiro atoms. The molecule has 1 unspecified atom stereocenters. The predicted molar refractivity (Wildman–Crippen MR) is 71.9 cm³/mol. The second-order valence-electron chi connectivity index (χ2n) is 4.50. The molecule has 0 bridgehead atoms. The molecule has 0 fully saturated rings. The molecule has 1 N–H and O–H groups in total. The van der Waals surface area contributed by atoms with E-state index in [1.54, 1.807) is 0 Å². The first kappa shape index (κ1) is 13.0. The number of aliphatic hydroxyl groups is 1. The highest BCUT2D eigenvalue weighted by Crippen LogP contribution is 2.29. The summed E-state index contributed by atoms with van der Waals surface area (Å²) in [5.41, 5.74) is 0.795. The van der Waals surface area contributed by atoms with Crippen LogP contribution in [0.5, 0.6) is 5.75 Å². The van der Waals surface area contributed by atoms with Gasteiger partial charge in [0.05, 0.1) is 6.61 Å². The average Bonchev–Trinajstić information content (AvgIpc) is 2.79. The van der Waals surface area contributed by atoms with Crippen LogP contribution in [-0.4, -0.2) is 11.7 Å². The van der Waals surface area contributed by atoms with Crippen molar-refractivity contribution in [3.05, 3.63) is 30.0 Å². The lowest BCUT2D eigenvalue weighted by Gasteiger charge is -2.03. The molecule has 3 nitrogen and oxygen atoms in total. The van der Waals surface area contributed by atoms with Crippen molar-refractivity contribution in [2.24, 2.45) is 0 Å². The van der Waals surface area contributed by atoms with Crippen LogP contribution in [0.2, 0.25) is 0 Å². The van der Waals surface area contributed by atoms with Crippen LogP contribution in [-0.2, 0) is 0 Å². The lowest BCUT2D eigenvalue weighted by atomic mass is 10.1. The van der Waals surface area contributed by atoms with Crippen molar-refractivity contribution < 1.29 is 14.3 Å². The lowest BCUT2D eigenvalue weighted by Crippen LogP contribution is -1.94. The molecule has 2 rings (SSSR count). The van der Waals surface area contributed by atoms with Gasteiger partial charge in [0.2, 0.25) is 0 Å². The summed E-state index contributed by atoms with van der Waals surface area (Å²) in [6, 6.07) is 7.64. The van der Waals surface area contributed by atoms with E-state index in [0.29, 0.717) is 12.4 Å². The van der Waals surface area contributed by atoms with Gasteiger partial charge in [-0.1, -0.05) is 20.3 Å². The van der Waals surface area contributed by atoms with Crippen molar-refractivity contribution in [1.29, 1.82) is 0 Å². The second kappa shape index (κ2) is 5.91. The first-order chi connectivity index (χ1) is 8.74. The summed E-state index contributed by atoms with van der Waals surface area (Å²) in [5.74, 6) is 1.49. The Balaban J connectivity index is 2.22. The molecule has 0 saturated heterocycles. The van der Waals surface area contributed by atoms with Crippen LogP contribution in [0.3, 0.4) is 0 Å². The maximum absolute atomic E-state index is 9.91. The Bertz CT molecular complexity index is 501. The number of furan rings is 1. The number of hydrogen-bond donors (Lipinski definition) is 1. The van der Waals surface area contributed by atoms with Gasteiger partial charge in [-0.25, -0.2) is 0 Å². The van der Waals surface area contributed by atoms with E-state index >= 15 is 0 Å². The predicted octanol–water partition coefficient (Wildman–Crippen LogP) is 4.06. The smallest absolute Gasteiger partial charge is 0.134 e. The number of hydrogen-bond acceptors (Lipinski definition) is 3. The normalized spacial score (nSPS) is 12.8. The fraction of sp³-hybridized carbons (Fsp3) is 0.467. The minimum atomic E-state index is -0.512. The first-order valence-electron chi connectivity index (χ1n) is 6.59. The summed E-state index contributed by atoms with van der Waals surface area (Å²) in [6.07, 6.45) is 2.13. The van der Waals surface area contributed by atoms with Gasteiger partial charge in [0, 0.05) is 5.39 Å². The maximum atomic E-state index is 9.91. The molecule has 2 aromatic rings. The van der Waals surface area contributed by atoms with Crippen molar-refractivity contribution in [1.82, 2.24) is 0 Å². The lowest BCUT2D eigenvalue weighted by molar-refractivity contribution is 0.141. The fourth-order valence-electron chi connectivity index (χ4n) is 1.93. The highest BCUT2D eigenvalue weighted by Gasteiger charge is 2.12. The third kappa shape index (κ3) is 2.85. The molecule has 0 radical (unpaired) electrons. The topological polar surface area (TPSA) is 42.6 Å². The van der Waals surface area contributed by atoms with E-state index in [1.165, 1.54) is 0 Å². The van der Waals surface area contributed by atoms with Crippen molar-refractivity contribution >= 4 is 11.0 Å². The van der Waals surface area contributed by atoms with Gasteiger partial charge in [-0.3, -0.25) is 0 Å². The van der Waals surface area contributed by atoms with E-state index in [2.05, 4.69) is 6.92 Å². The van der Waals surface area contributed by atoms with E-state index in [1.807, 2.05) is 31.2 Å². The van der Waals surface area contributed by atoms with Crippen LogP contribution in [0.4, 0.5) is 0 Å². The summed E-state index contributed by atoms with van der Waals surface area (Å²) in [7, 11) is 0. The molecule has 1 heterocycles. The molecule has 0 aliphatic rings. The molecule has 0 aliphatic heterocycles. The Morgan fingerprint density at radius 1 is 1.22 bits per heavy atom. The van der Waals surface area contributed by atoms with Crippen LogP contribution < -0.4 is 4.74 Å². The van der Waals surface area contributed by atoms with Gasteiger partial charge in [0.25, 0.3) is 0 Å². The minimum absolute atomic E-state index is 0.512. The molecule has 3 heteroatoms. The minimum Gasteiger partial charge on any atom is -0.494 e. The van der Waals surface area contributed by atoms with Gasteiger partial charge in [0.1, 0.15) is 23.2 Å². The molecule has 1 aromatic carbocycles. The standard InChI is InChI=1S/C15H20O3/c1-3-5-13(16)15-10-11-9-12(17-8-4-2)6-7-14(11)18-15/h6-7,9-10,13,16H,3-5,8H2,1-2H3. The zero-order valence-corrected chi connectivity index (χ0v) is 11.0. The van der Waals surface area contributed by atoms with Gasteiger partial charge in [0.15, 0.2) is 0 Å². The van der Waals surface area contributed by atoms with Gasteiger partial charge in [-0.2, -0.15) is 0 Å². The number of benzene rings is 1. The third-order valence-corrected chi connectivity index (χ3v) is 2.87. The van der Waals surface area contributed by atoms with Crippen molar-refractivity contribution in [2.45, 2.75) is 39.2 Å². The van der Waals surface area contributed by atoms with Crippen LogP contribution in [0, 0.1) is 0 Å². The Labute approximate surface area is 107 Å². The van der Waals surface area contributed by atoms with E-state index in [9.17, 15) is 5.11 Å². The largest absolute Gasteiger partial charge is 0.494 e. The zero-order chi connectivity index (χ0) is 13.0. The van der Waals surface area contributed by atoms with E-state index < -0.39 is 6.10 Å². The molecule has 98 valence electrons. The molecule has 1 atom stereocenters. The second-order valence-corrected chi connectivity index (χ2v) is 4.50.